The van der Waals surface area contributed by atoms with E-state index in [0.29, 0.717) is 6.04 Å². The summed E-state index contributed by atoms with van der Waals surface area (Å²) in [4.78, 5) is 0. The van der Waals surface area contributed by atoms with E-state index in [1.807, 2.05) is 0 Å². The van der Waals surface area contributed by atoms with E-state index in [1.165, 1.54) is 33.2 Å². The molecule has 0 fully saturated rings. The van der Waals surface area contributed by atoms with Gasteiger partial charge in [-0.15, -0.1) is 0 Å². The Morgan fingerprint density at radius 1 is 1.17 bits per heavy atom. The summed E-state index contributed by atoms with van der Waals surface area (Å²) < 4.78 is 2.39. The second-order valence-corrected chi connectivity index (χ2v) is 6.64. The van der Waals surface area contributed by atoms with Gasteiger partial charge in [0, 0.05) is 13.7 Å². The van der Waals surface area contributed by atoms with Gasteiger partial charge < -0.3 is 5.32 Å². The van der Waals surface area contributed by atoms with Gasteiger partial charge in [0.1, 0.15) is 0 Å². The number of hydrogen-bond acceptors (Lipinski definition) is 1. The molecule has 1 N–H and O–H groups in total. The van der Waals surface area contributed by atoms with Gasteiger partial charge in [0.25, 0.3) is 0 Å². The molecule has 0 spiro atoms. The van der Waals surface area contributed by atoms with E-state index in [1.54, 1.807) is 0 Å². The lowest BCUT2D eigenvalue weighted by Gasteiger charge is -2.17. The molecule has 18 heavy (non-hydrogen) atoms. The van der Waals surface area contributed by atoms with Crippen molar-refractivity contribution < 1.29 is 0 Å². The molecular weight excluding hydrogens is 401 g/mol. The van der Waals surface area contributed by atoms with Crippen molar-refractivity contribution in [2.24, 2.45) is 0 Å². The van der Waals surface area contributed by atoms with Crippen molar-refractivity contribution in [2.45, 2.75) is 18.9 Å². The lowest BCUT2D eigenvalue weighted by atomic mass is 10.1. The minimum absolute atomic E-state index is 0.448. The van der Waals surface area contributed by atoms with Gasteiger partial charge in [-0.05, 0) is 64.8 Å². The number of rotatable bonds is 2. The highest BCUT2D eigenvalue weighted by molar-refractivity contribution is 14.1. The van der Waals surface area contributed by atoms with Crippen molar-refractivity contribution in [3.05, 3.63) is 61.6 Å². The van der Waals surface area contributed by atoms with Crippen molar-refractivity contribution in [2.75, 3.05) is 5.32 Å². The number of halogens is 2. The van der Waals surface area contributed by atoms with Crippen LogP contribution in [0.15, 0.2) is 46.9 Å². The third-order valence-corrected chi connectivity index (χ3v) is 4.82. The Morgan fingerprint density at radius 2 is 2.00 bits per heavy atom. The van der Waals surface area contributed by atoms with Crippen LogP contribution in [-0.2, 0) is 6.42 Å². The zero-order chi connectivity index (χ0) is 12.5. The van der Waals surface area contributed by atoms with Gasteiger partial charge in [0.15, 0.2) is 0 Å². The Kier molecular flexibility index (Phi) is 3.61. The van der Waals surface area contributed by atoms with Gasteiger partial charge in [-0.25, -0.2) is 0 Å². The summed E-state index contributed by atoms with van der Waals surface area (Å²) in [6, 6.07) is 15.6. The monoisotopic (exact) mass is 413 g/mol. The van der Waals surface area contributed by atoms with Gasteiger partial charge in [0.2, 0.25) is 0 Å². The van der Waals surface area contributed by atoms with Crippen LogP contribution in [0, 0.1) is 3.57 Å². The number of benzene rings is 2. The second-order valence-electron chi connectivity index (χ2n) is 4.56. The van der Waals surface area contributed by atoms with Gasteiger partial charge in [-0.2, -0.15) is 0 Å². The van der Waals surface area contributed by atoms with Crippen LogP contribution in [-0.4, -0.2) is 0 Å². The molecule has 0 heterocycles. The molecule has 2 aromatic carbocycles. The number of aryl methyl sites for hydroxylation is 1. The molecule has 1 aliphatic rings. The molecule has 1 atom stereocenters. The van der Waals surface area contributed by atoms with E-state index < -0.39 is 0 Å². The molecule has 0 bridgehead atoms. The number of anilines is 1. The average molecular weight is 414 g/mol. The average Bonchev–Trinajstić information content (AvgIpc) is 2.78. The number of fused-ring (bicyclic) bond motifs is 1. The lowest BCUT2D eigenvalue weighted by molar-refractivity contribution is 0.761. The first-order chi connectivity index (χ1) is 8.74. The summed E-state index contributed by atoms with van der Waals surface area (Å²) in [5.41, 5.74) is 4.15. The maximum Gasteiger partial charge on any atom is 0.0520 e. The van der Waals surface area contributed by atoms with Crippen LogP contribution in [0.25, 0.3) is 0 Å². The van der Waals surface area contributed by atoms with Crippen molar-refractivity contribution in [1.82, 2.24) is 0 Å². The van der Waals surface area contributed by atoms with E-state index in [4.69, 9.17) is 0 Å². The first kappa shape index (κ1) is 12.5. The molecule has 1 unspecified atom stereocenters. The maximum absolute atomic E-state index is 3.67. The fourth-order valence-corrected chi connectivity index (χ4v) is 3.36. The van der Waals surface area contributed by atoms with Crippen LogP contribution in [0.3, 0.4) is 0 Å². The van der Waals surface area contributed by atoms with Crippen molar-refractivity contribution in [3.8, 4) is 0 Å². The summed E-state index contributed by atoms with van der Waals surface area (Å²) in [6.45, 7) is 0. The van der Waals surface area contributed by atoms with Crippen molar-refractivity contribution in [1.29, 1.82) is 0 Å². The fourth-order valence-electron chi connectivity index (χ4n) is 2.50. The summed E-state index contributed by atoms with van der Waals surface area (Å²) in [5, 5.41) is 3.67. The van der Waals surface area contributed by atoms with Crippen molar-refractivity contribution in [3.63, 3.8) is 0 Å². The standard InChI is InChI=1S/C15H13BrIN/c16-11-6-7-13(17)15(9-11)18-14-8-5-10-3-1-2-4-12(10)14/h1-4,6-7,9,14,18H,5,8H2. The normalized spacial score (nSPS) is 17.6. The van der Waals surface area contributed by atoms with Crippen LogP contribution < -0.4 is 5.32 Å². The summed E-state index contributed by atoms with van der Waals surface area (Å²) in [6.07, 6.45) is 2.36. The smallest absolute Gasteiger partial charge is 0.0520 e. The Hall–Kier alpha value is -0.550. The highest BCUT2D eigenvalue weighted by Gasteiger charge is 2.22. The molecule has 3 heteroatoms. The van der Waals surface area contributed by atoms with Crippen LogP contribution >= 0.6 is 38.5 Å². The zero-order valence-corrected chi connectivity index (χ0v) is 13.5. The molecule has 0 amide bonds. The van der Waals surface area contributed by atoms with Gasteiger partial charge >= 0.3 is 0 Å². The maximum atomic E-state index is 3.67. The largest absolute Gasteiger partial charge is 0.377 e. The molecule has 92 valence electrons. The van der Waals surface area contributed by atoms with Crippen molar-refractivity contribution >= 4 is 44.2 Å². The first-order valence-electron chi connectivity index (χ1n) is 6.03. The quantitative estimate of drug-likeness (QED) is 0.671. The molecule has 0 saturated heterocycles. The Balaban J connectivity index is 1.88. The minimum atomic E-state index is 0.448. The molecule has 1 nitrogen and oxygen atoms in total. The highest BCUT2D eigenvalue weighted by atomic mass is 127. The molecule has 2 aromatic rings. The van der Waals surface area contributed by atoms with E-state index in [0.717, 1.165) is 4.47 Å². The number of nitrogens with one attached hydrogen (secondary N) is 1. The molecular formula is C15H13BrIN. The molecule has 1 aliphatic carbocycles. The minimum Gasteiger partial charge on any atom is -0.377 e. The molecule has 3 rings (SSSR count). The third kappa shape index (κ3) is 2.43. The van der Waals surface area contributed by atoms with E-state index in [-0.39, 0.29) is 0 Å². The van der Waals surface area contributed by atoms with Gasteiger partial charge in [-0.1, -0.05) is 40.2 Å². The highest BCUT2D eigenvalue weighted by Crippen LogP contribution is 2.35. The Morgan fingerprint density at radius 3 is 2.89 bits per heavy atom. The third-order valence-electron chi connectivity index (χ3n) is 3.39. The predicted octanol–water partition coefficient (Wildman–Crippen LogP) is 5.15. The van der Waals surface area contributed by atoms with Crippen LogP contribution in [0.1, 0.15) is 23.6 Å². The van der Waals surface area contributed by atoms with E-state index in [9.17, 15) is 0 Å². The summed E-state index contributed by atoms with van der Waals surface area (Å²) in [7, 11) is 0. The SMILES string of the molecule is Brc1ccc(I)c(NC2CCc3ccccc32)c1. The number of hydrogen-bond donors (Lipinski definition) is 1. The molecule has 0 radical (unpaired) electrons. The van der Waals surface area contributed by atoms with Crippen LogP contribution in [0.4, 0.5) is 5.69 Å². The van der Waals surface area contributed by atoms with E-state index >= 15 is 0 Å². The molecule has 0 aromatic heterocycles. The predicted molar refractivity (Wildman–Crippen MR) is 88.0 cm³/mol. The zero-order valence-electron chi connectivity index (χ0n) is 9.79. The molecule has 0 aliphatic heterocycles. The Bertz CT molecular complexity index is 582. The topological polar surface area (TPSA) is 12.0 Å². The lowest BCUT2D eigenvalue weighted by Crippen LogP contribution is -2.08. The fraction of sp³-hybridized carbons (Fsp3) is 0.200. The summed E-state index contributed by atoms with van der Waals surface area (Å²) >= 11 is 5.91. The Labute approximate surface area is 129 Å². The van der Waals surface area contributed by atoms with E-state index in [2.05, 4.69) is 86.3 Å². The molecule has 0 saturated carbocycles. The summed E-state index contributed by atoms with van der Waals surface area (Å²) in [5.74, 6) is 0. The van der Waals surface area contributed by atoms with Gasteiger partial charge in [-0.3, -0.25) is 0 Å². The van der Waals surface area contributed by atoms with Crippen LogP contribution in [0.5, 0.6) is 0 Å². The second kappa shape index (κ2) is 5.21. The first-order valence-corrected chi connectivity index (χ1v) is 7.90. The van der Waals surface area contributed by atoms with Gasteiger partial charge in [0.05, 0.1) is 6.04 Å². The van der Waals surface area contributed by atoms with Crippen LogP contribution in [0.2, 0.25) is 0 Å².